The van der Waals surface area contributed by atoms with Crippen LogP contribution in [0.5, 0.6) is 0 Å². The van der Waals surface area contributed by atoms with E-state index in [0.717, 1.165) is 47.4 Å². The molecule has 1 aromatic carbocycles. The van der Waals surface area contributed by atoms with Crippen LogP contribution in [-0.4, -0.2) is 9.55 Å². The first kappa shape index (κ1) is 16.4. The van der Waals surface area contributed by atoms with Gasteiger partial charge in [0.2, 0.25) is 0 Å². The normalized spacial score (nSPS) is 10.8. The zero-order valence-electron chi connectivity index (χ0n) is 13.8. The second-order valence-corrected chi connectivity index (χ2v) is 6.25. The number of fused-ring (bicyclic) bond motifs is 1. The van der Waals surface area contributed by atoms with Crippen molar-refractivity contribution in [2.45, 2.75) is 33.2 Å². The predicted octanol–water partition coefficient (Wildman–Crippen LogP) is 5.41. The van der Waals surface area contributed by atoms with Gasteiger partial charge in [-0.3, -0.25) is 0 Å². The Labute approximate surface area is 146 Å². The van der Waals surface area contributed by atoms with Crippen molar-refractivity contribution >= 4 is 34.0 Å². The molecule has 0 atom stereocenters. The topological polar surface area (TPSA) is 53.6 Å². The highest BCUT2D eigenvalue weighted by atomic mass is 35.5. The number of benzene rings is 1. The monoisotopic (exact) mass is 338 g/mol. The number of aryl methyl sites for hydroxylation is 2. The summed E-state index contributed by atoms with van der Waals surface area (Å²) in [5, 5.41) is 14.0. The van der Waals surface area contributed by atoms with Crippen LogP contribution in [0.15, 0.2) is 36.7 Å². The van der Waals surface area contributed by atoms with E-state index in [9.17, 15) is 0 Å². The van der Waals surface area contributed by atoms with Crippen molar-refractivity contribution in [1.82, 2.24) is 9.55 Å². The Hall–Kier alpha value is -2.51. The Morgan fingerprint density at radius 2 is 2.17 bits per heavy atom. The molecule has 0 aliphatic heterocycles. The van der Waals surface area contributed by atoms with Crippen LogP contribution >= 0.6 is 11.6 Å². The smallest absolute Gasteiger partial charge is 0.139 e. The number of halogens is 1. The SMILES string of the molecule is CCCCn1ccc2c(Nc3c(C)cc(C#N)cc3Cl)nccc21. The molecule has 122 valence electrons. The van der Waals surface area contributed by atoms with E-state index < -0.39 is 0 Å². The van der Waals surface area contributed by atoms with E-state index in [1.54, 1.807) is 12.3 Å². The van der Waals surface area contributed by atoms with E-state index in [2.05, 4.69) is 40.1 Å². The fourth-order valence-corrected chi connectivity index (χ4v) is 3.14. The molecule has 5 heteroatoms. The van der Waals surface area contributed by atoms with Gasteiger partial charge in [0.05, 0.1) is 27.9 Å². The highest BCUT2D eigenvalue weighted by Gasteiger charge is 2.11. The summed E-state index contributed by atoms with van der Waals surface area (Å²) in [4.78, 5) is 4.47. The molecule has 4 nitrogen and oxygen atoms in total. The van der Waals surface area contributed by atoms with Crippen molar-refractivity contribution in [2.24, 2.45) is 0 Å². The molecule has 0 bridgehead atoms. The summed E-state index contributed by atoms with van der Waals surface area (Å²) >= 11 is 6.34. The number of nitrogens with zero attached hydrogens (tertiary/aromatic N) is 3. The molecule has 0 aliphatic rings. The number of unbranched alkanes of at least 4 members (excludes halogenated alkanes) is 1. The first-order valence-electron chi connectivity index (χ1n) is 8.05. The van der Waals surface area contributed by atoms with Crippen LogP contribution in [0.1, 0.15) is 30.9 Å². The number of nitriles is 1. The van der Waals surface area contributed by atoms with Gasteiger partial charge in [-0.25, -0.2) is 4.98 Å². The summed E-state index contributed by atoms with van der Waals surface area (Å²) in [7, 11) is 0. The van der Waals surface area contributed by atoms with E-state index in [4.69, 9.17) is 16.9 Å². The van der Waals surface area contributed by atoms with Gasteiger partial charge in [0.15, 0.2) is 0 Å². The van der Waals surface area contributed by atoms with Gasteiger partial charge in [-0.05, 0) is 43.2 Å². The van der Waals surface area contributed by atoms with E-state index >= 15 is 0 Å². The first-order chi connectivity index (χ1) is 11.6. The summed E-state index contributed by atoms with van der Waals surface area (Å²) < 4.78 is 2.25. The average Bonchev–Trinajstić information content (AvgIpc) is 3.00. The van der Waals surface area contributed by atoms with Crippen LogP contribution in [0, 0.1) is 18.3 Å². The molecule has 0 aliphatic carbocycles. The first-order valence-corrected chi connectivity index (χ1v) is 8.43. The molecule has 0 saturated heterocycles. The van der Waals surface area contributed by atoms with Crippen LogP contribution in [0.4, 0.5) is 11.5 Å². The molecule has 3 rings (SSSR count). The van der Waals surface area contributed by atoms with E-state index in [0.29, 0.717) is 10.6 Å². The largest absolute Gasteiger partial charge is 0.347 e. The Morgan fingerprint density at radius 1 is 1.33 bits per heavy atom. The number of nitrogens with one attached hydrogen (secondary N) is 1. The molecule has 0 amide bonds. The second kappa shape index (κ2) is 6.94. The number of anilines is 2. The molecule has 24 heavy (non-hydrogen) atoms. The highest BCUT2D eigenvalue weighted by molar-refractivity contribution is 6.33. The summed E-state index contributed by atoms with van der Waals surface area (Å²) in [6.45, 7) is 5.12. The maximum Gasteiger partial charge on any atom is 0.139 e. The molecule has 2 aromatic heterocycles. The average molecular weight is 339 g/mol. The molecule has 1 N–H and O–H groups in total. The lowest BCUT2D eigenvalue weighted by atomic mass is 10.1. The zero-order chi connectivity index (χ0) is 17.1. The number of rotatable bonds is 5. The molecule has 3 aromatic rings. The van der Waals surface area contributed by atoms with Gasteiger partial charge in [0.1, 0.15) is 5.82 Å². The molecule has 2 heterocycles. The minimum absolute atomic E-state index is 0.524. The van der Waals surface area contributed by atoms with E-state index in [-0.39, 0.29) is 0 Å². The minimum Gasteiger partial charge on any atom is -0.347 e. The van der Waals surface area contributed by atoms with Crippen molar-refractivity contribution in [1.29, 1.82) is 5.26 Å². The van der Waals surface area contributed by atoms with Crippen LogP contribution in [0.2, 0.25) is 5.02 Å². The third-order valence-corrected chi connectivity index (χ3v) is 4.41. The van der Waals surface area contributed by atoms with Crippen LogP contribution in [0.25, 0.3) is 10.9 Å². The van der Waals surface area contributed by atoms with Gasteiger partial charge in [-0.2, -0.15) is 5.26 Å². The Balaban J connectivity index is 2.00. The van der Waals surface area contributed by atoms with Crippen molar-refractivity contribution in [2.75, 3.05) is 5.32 Å². The lowest BCUT2D eigenvalue weighted by Crippen LogP contribution is -1.99. The van der Waals surface area contributed by atoms with Gasteiger partial charge < -0.3 is 9.88 Å². The van der Waals surface area contributed by atoms with Crippen molar-refractivity contribution < 1.29 is 0 Å². The van der Waals surface area contributed by atoms with Gasteiger partial charge in [0, 0.05) is 24.3 Å². The minimum atomic E-state index is 0.524. The van der Waals surface area contributed by atoms with Gasteiger partial charge in [0.25, 0.3) is 0 Å². The fraction of sp³-hybridized carbons (Fsp3) is 0.263. The number of hydrogen-bond acceptors (Lipinski definition) is 3. The maximum atomic E-state index is 9.04. The zero-order valence-corrected chi connectivity index (χ0v) is 14.6. The number of aromatic nitrogens is 2. The second-order valence-electron chi connectivity index (χ2n) is 5.84. The third-order valence-electron chi connectivity index (χ3n) is 4.11. The summed E-state index contributed by atoms with van der Waals surface area (Å²) in [5.41, 5.74) is 3.42. The van der Waals surface area contributed by atoms with E-state index in [1.165, 1.54) is 0 Å². The molecular formula is C19H19ClN4. The molecule has 0 saturated carbocycles. The van der Waals surface area contributed by atoms with E-state index in [1.807, 2.05) is 19.1 Å². The van der Waals surface area contributed by atoms with Crippen molar-refractivity contribution in [3.8, 4) is 6.07 Å². The molecule has 0 spiro atoms. The van der Waals surface area contributed by atoms with Crippen LogP contribution < -0.4 is 5.32 Å². The van der Waals surface area contributed by atoms with Crippen molar-refractivity contribution in [3.63, 3.8) is 0 Å². The Kier molecular flexibility index (Phi) is 4.73. The third kappa shape index (κ3) is 3.08. The van der Waals surface area contributed by atoms with Crippen LogP contribution in [-0.2, 0) is 6.54 Å². The summed E-state index contributed by atoms with van der Waals surface area (Å²) in [6.07, 6.45) is 6.21. The Morgan fingerprint density at radius 3 is 2.88 bits per heavy atom. The van der Waals surface area contributed by atoms with Gasteiger partial charge in [-0.15, -0.1) is 0 Å². The quantitative estimate of drug-likeness (QED) is 0.676. The number of hydrogen-bond donors (Lipinski definition) is 1. The standard InChI is InChI=1S/C19H19ClN4/c1-3-4-8-24-9-6-15-17(24)5-7-22-19(15)23-18-13(2)10-14(12-21)11-16(18)20/h5-7,9-11H,3-4,8H2,1-2H3,(H,22,23). The van der Waals surface area contributed by atoms with Crippen molar-refractivity contribution in [3.05, 3.63) is 52.8 Å². The number of pyridine rings is 1. The Bertz CT molecular complexity index is 898. The van der Waals surface area contributed by atoms with Gasteiger partial charge >= 0.3 is 0 Å². The lowest BCUT2D eigenvalue weighted by molar-refractivity contribution is 0.650. The molecule has 0 unspecified atom stereocenters. The molecule has 0 radical (unpaired) electrons. The highest BCUT2D eigenvalue weighted by Crippen LogP contribution is 2.32. The summed E-state index contributed by atoms with van der Waals surface area (Å²) in [5.74, 6) is 0.775. The molecule has 0 fully saturated rings. The lowest BCUT2D eigenvalue weighted by Gasteiger charge is -2.12. The van der Waals surface area contributed by atoms with Gasteiger partial charge in [-0.1, -0.05) is 24.9 Å². The predicted molar refractivity (Wildman–Crippen MR) is 98.8 cm³/mol. The fourth-order valence-electron chi connectivity index (χ4n) is 2.83. The molecular weight excluding hydrogens is 320 g/mol. The summed E-state index contributed by atoms with van der Waals surface area (Å²) in [6, 6.07) is 9.72. The van der Waals surface area contributed by atoms with Crippen LogP contribution in [0.3, 0.4) is 0 Å². The maximum absolute atomic E-state index is 9.04.